The molecule has 0 unspecified atom stereocenters. The molecule has 8 heteroatoms. The smallest absolute Gasteiger partial charge is 0.256 e. The number of ether oxygens (including phenoxy) is 3. The van der Waals surface area contributed by atoms with Crippen LogP contribution in [0, 0.1) is 6.92 Å². The minimum absolute atomic E-state index is 0.180. The van der Waals surface area contributed by atoms with Gasteiger partial charge in [0.1, 0.15) is 11.5 Å². The molecule has 1 fully saturated rings. The summed E-state index contributed by atoms with van der Waals surface area (Å²) in [6.07, 6.45) is 2.29. The van der Waals surface area contributed by atoms with Gasteiger partial charge in [-0.05, 0) is 57.5 Å². The average molecular weight is 458 g/mol. The number of hydrogen-bond acceptors (Lipinski definition) is 5. The molecule has 2 aromatic carbocycles. The van der Waals surface area contributed by atoms with E-state index in [-0.39, 0.29) is 12.0 Å². The maximum atomic E-state index is 12.9. The van der Waals surface area contributed by atoms with Gasteiger partial charge in [-0.1, -0.05) is 18.2 Å². The molecule has 1 heterocycles. The summed E-state index contributed by atoms with van der Waals surface area (Å²) in [5, 5.41) is 9.81. The highest BCUT2D eigenvalue weighted by Gasteiger charge is 2.18. The van der Waals surface area contributed by atoms with E-state index in [1.807, 2.05) is 39.0 Å². The fraction of sp³-hybridized carbons (Fsp3) is 0.417. The van der Waals surface area contributed by atoms with Crippen LogP contribution in [-0.4, -0.2) is 43.5 Å². The first-order valence-electron chi connectivity index (χ1n) is 11.0. The molecule has 172 valence electrons. The summed E-state index contributed by atoms with van der Waals surface area (Å²) in [6.45, 7) is 8.06. The minimum Gasteiger partial charge on any atom is -0.492 e. The van der Waals surface area contributed by atoms with Crippen LogP contribution in [0.1, 0.15) is 42.6 Å². The fourth-order valence-electron chi connectivity index (χ4n) is 3.50. The monoisotopic (exact) mass is 457 g/mol. The molecule has 3 N–H and O–H groups in total. The summed E-state index contributed by atoms with van der Waals surface area (Å²) in [4.78, 5) is 12.9. The van der Waals surface area contributed by atoms with Crippen molar-refractivity contribution in [3.8, 4) is 11.5 Å². The van der Waals surface area contributed by atoms with Crippen LogP contribution < -0.4 is 25.4 Å². The number of anilines is 2. The van der Waals surface area contributed by atoms with Crippen molar-refractivity contribution < 1.29 is 19.0 Å². The van der Waals surface area contributed by atoms with E-state index in [9.17, 15) is 4.79 Å². The van der Waals surface area contributed by atoms with Crippen LogP contribution in [0.4, 0.5) is 11.4 Å². The maximum absolute atomic E-state index is 12.9. The molecule has 0 saturated carbocycles. The normalized spacial score (nSPS) is 15.2. The van der Waals surface area contributed by atoms with Crippen molar-refractivity contribution in [3.63, 3.8) is 0 Å². The quantitative estimate of drug-likeness (QED) is 0.478. The van der Waals surface area contributed by atoms with Gasteiger partial charge in [-0.25, -0.2) is 0 Å². The average Bonchev–Trinajstić information content (AvgIpc) is 3.29. The van der Waals surface area contributed by atoms with E-state index < -0.39 is 0 Å². The van der Waals surface area contributed by atoms with E-state index in [1.165, 1.54) is 0 Å². The van der Waals surface area contributed by atoms with E-state index in [0.717, 1.165) is 25.0 Å². The van der Waals surface area contributed by atoms with Crippen molar-refractivity contribution in [2.45, 2.75) is 39.7 Å². The van der Waals surface area contributed by atoms with E-state index in [0.29, 0.717) is 53.3 Å². The number of aryl methyl sites for hydroxylation is 1. The summed E-state index contributed by atoms with van der Waals surface area (Å²) >= 11 is 5.46. The summed E-state index contributed by atoms with van der Waals surface area (Å²) in [5.74, 6) is 0.889. The highest BCUT2D eigenvalue weighted by Crippen LogP contribution is 2.37. The Bertz CT molecular complexity index is 945. The Morgan fingerprint density at radius 1 is 1.09 bits per heavy atom. The topological polar surface area (TPSA) is 80.8 Å². The predicted octanol–water partition coefficient (Wildman–Crippen LogP) is 4.51. The molecule has 2 aromatic rings. The number of thiocarbonyl (C=S) groups is 1. The van der Waals surface area contributed by atoms with Crippen LogP contribution in [-0.2, 0) is 4.74 Å². The van der Waals surface area contributed by atoms with Gasteiger partial charge >= 0.3 is 0 Å². The van der Waals surface area contributed by atoms with Crippen LogP contribution >= 0.6 is 12.2 Å². The van der Waals surface area contributed by atoms with E-state index in [1.54, 1.807) is 18.2 Å². The van der Waals surface area contributed by atoms with Crippen molar-refractivity contribution in [2.24, 2.45) is 0 Å². The van der Waals surface area contributed by atoms with Gasteiger partial charge in [-0.3, -0.25) is 4.79 Å². The molecule has 1 aliphatic heterocycles. The summed E-state index contributed by atoms with van der Waals surface area (Å²) < 4.78 is 17.3. The zero-order chi connectivity index (χ0) is 22.9. The SMILES string of the molecule is CCOc1cc(NC(=S)NC[C@@H]2CCCO2)c(OCC)cc1NC(=O)c1ccccc1C. The predicted molar refractivity (Wildman–Crippen MR) is 131 cm³/mol. The van der Waals surface area contributed by atoms with Crippen molar-refractivity contribution in [2.75, 3.05) is 37.0 Å². The van der Waals surface area contributed by atoms with Gasteiger partial charge in [-0.15, -0.1) is 0 Å². The Morgan fingerprint density at radius 2 is 1.75 bits per heavy atom. The lowest BCUT2D eigenvalue weighted by Gasteiger charge is -2.19. The van der Waals surface area contributed by atoms with Crippen molar-refractivity contribution >= 4 is 34.6 Å². The lowest BCUT2D eigenvalue weighted by molar-refractivity contribution is 0.102. The van der Waals surface area contributed by atoms with Crippen molar-refractivity contribution in [3.05, 3.63) is 47.5 Å². The summed E-state index contributed by atoms with van der Waals surface area (Å²) in [5.41, 5.74) is 2.70. The first kappa shape index (κ1) is 23.8. The molecule has 3 rings (SSSR count). The molecule has 1 aliphatic rings. The lowest BCUT2D eigenvalue weighted by Crippen LogP contribution is -2.34. The second-order valence-electron chi connectivity index (χ2n) is 7.45. The molecule has 0 aliphatic carbocycles. The molecular formula is C24H31N3O4S. The van der Waals surface area contributed by atoms with Crippen LogP contribution in [0.3, 0.4) is 0 Å². The molecule has 32 heavy (non-hydrogen) atoms. The van der Waals surface area contributed by atoms with Gasteiger partial charge in [0.25, 0.3) is 5.91 Å². The first-order chi connectivity index (χ1) is 15.5. The first-order valence-corrected chi connectivity index (χ1v) is 11.4. The molecule has 1 atom stereocenters. The van der Waals surface area contributed by atoms with Gasteiger partial charge in [0.05, 0.1) is 30.7 Å². The molecule has 0 aromatic heterocycles. The zero-order valence-corrected chi connectivity index (χ0v) is 19.6. The second-order valence-corrected chi connectivity index (χ2v) is 7.86. The lowest BCUT2D eigenvalue weighted by atomic mass is 10.1. The van der Waals surface area contributed by atoms with Gasteiger partial charge in [0.15, 0.2) is 5.11 Å². The Balaban J connectivity index is 1.80. The van der Waals surface area contributed by atoms with Crippen LogP contribution in [0.5, 0.6) is 11.5 Å². The maximum Gasteiger partial charge on any atom is 0.256 e. The molecular weight excluding hydrogens is 426 g/mol. The largest absolute Gasteiger partial charge is 0.492 e. The summed E-state index contributed by atoms with van der Waals surface area (Å²) in [7, 11) is 0. The van der Waals surface area contributed by atoms with Crippen LogP contribution in [0.2, 0.25) is 0 Å². The highest BCUT2D eigenvalue weighted by molar-refractivity contribution is 7.80. The third kappa shape index (κ3) is 6.34. The molecule has 1 amide bonds. The number of carbonyl (C=O) groups excluding carboxylic acids is 1. The van der Waals surface area contributed by atoms with Gasteiger partial charge < -0.3 is 30.2 Å². The third-order valence-corrected chi connectivity index (χ3v) is 5.33. The summed E-state index contributed by atoms with van der Waals surface area (Å²) in [6, 6.07) is 11.0. The number of nitrogens with one attached hydrogen (secondary N) is 3. The van der Waals surface area contributed by atoms with Crippen LogP contribution in [0.15, 0.2) is 36.4 Å². The Kier molecular flexibility index (Phi) is 8.70. The van der Waals surface area contributed by atoms with E-state index in [4.69, 9.17) is 26.4 Å². The van der Waals surface area contributed by atoms with Crippen LogP contribution in [0.25, 0.3) is 0 Å². The third-order valence-electron chi connectivity index (χ3n) is 5.08. The van der Waals surface area contributed by atoms with Gasteiger partial charge in [-0.2, -0.15) is 0 Å². The second kappa shape index (κ2) is 11.7. The van der Waals surface area contributed by atoms with E-state index >= 15 is 0 Å². The number of rotatable bonds is 9. The molecule has 0 radical (unpaired) electrons. The Hall–Kier alpha value is -2.84. The Labute approximate surface area is 194 Å². The highest BCUT2D eigenvalue weighted by atomic mass is 32.1. The molecule has 0 bridgehead atoms. The van der Waals surface area contributed by atoms with Gasteiger partial charge in [0.2, 0.25) is 0 Å². The van der Waals surface area contributed by atoms with Crippen molar-refractivity contribution in [1.29, 1.82) is 0 Å². The Morgan fingerprint density at radius 3 is 2.34 bits per heavy atom. The van der Waals surface area contributed by atoms with Crippen molar-refractivity contribution in [1.82, 2.24) is 5.32 Å². The molecule has 1 saturated heterocycles. The minimum atomic E-state index is -0.207. The molecule has 0 spiro atoms. The zero-order valence-electron chi connectivity index (χ0n) is 18.8. The number of amides is 1. The number of benzene rings is 2. The van der Waals surface area contributed by atoms with E-state index in [2.05, 4.69) is 16.0 Å². The standard InChI is InChI=1S/C24H31N3O4S/c1-4-29-21-14-20(27-24(32)25-15-17-10-8-12-31-17)22(30-5-2)13-19(21)26-23(28)18-11-7-6-9-16(18)3/h6-7,9,11,13-14,17H,4-5,8,10,12,15H2,1-3H3,(H,26,28)(H2,25,27,32)/t17-/m0/s1. The molecule has 7 nitrogen and oxygen atoms in total. The fourth-order valence-corrected chi connectivity index (χ4v) is 3.69. The van der Waals surface area contributed by atoms with Gasteiger partial charge in [0, 0.05) is 30.8 Å². The number of hydrogen-bond donors (Lipinski definition) is 3. The number of carbonyl (C=O) groups is 1.